The van der Waals surface area contributed by atoms with Gasteiger partial charge in [-0.1, -0.05) is 18.2 Å². The number of aliphatic hydroxyl groups is 1. The molecular formula is C14H11FN6O2. The van der Waals surface area contributed by atoms with Crippen molar-refractivity contribution in [2.75, 3.05) is 0 Å². The highest BCUT2D eigenvalue weighted by Crippen LogP contribution is 2.12. The topological polar surface area (TPSA) is 110 Å². The van der Waals surface area contributed by atoms with Crippen molar-refractivity contribution in [2.45, 2.75) is 6.54 Å². The lowest BCUT2D eigenvalue weighted by Gasteiger charge is -2.06. The Hall–Kier alpha value is -3.36. The van der Waals surface area contributed by atoms with Gasteiger partial charge in [-0.25, -0.2) is 4.39 Å². The summed E-state index contributed by atoms with van der Waals surface area (Å²) in [6.07, 6.45) is 2.38. The SMILES string of the molecule is O=C(C=C(O)c1nn[nH]n1)c1ccnn1Cc1ccccc1F. The van der Waals surface area contributed by atoms with Gasteiger partial charge in [0.25, 0.3) is 0 Å². The van der Waals surface area contributed by atoms with E-state index in [2.05, 4.69) is 25.7 Å². The van der Waals surface area contributed by atoms with Gasteiger partial charge >= 0.3 is 0 Å². The van der Waals surface area contributed by atoms with Crippen LogP contribution in [0.3, 0.4) is 0 Å². The van der Waals surface area contributed by atoms with Gasteiger partial charge in [0.1, 0.15) is 11.5 Å². The Morgan fingerprint density at radius 2 is 2.17 bits per heavy atom. The van der Waals surface area contributed by atoms with Crippen LogP contribution in [0, 0.1) is 5.82 Å². The Morgan fingerprint density at radius 1 is 1.35 bits per heavy atom. The molecule has 0 unspecified atom stereocenters. The largest absolute Gasteiger partial charge is 0.504 e. The number of tetrazole rings is 1. The lowest BCUT2D eigenvalue weighted by molar-refractivity contribution is 0.103. The second-order valence-corrected chi connectivity index (χ2v) is 4.59. The van der Waals surface area contributed by atoms with E-state index in [0.717, 1.165) is 6.08 Å². The molecule has 116 valence electrons. The second kappa shape index (κ2) is 6.18. The number of hydrogen-bond donors (Lipinski definition) is 2. The van der Waals surface area contributed by atoms with Crippen LogP contribution in [0.15, 0.2) is 42.6 Å². The fourth-order valence-corrected chi connectivity index (χ4v) is 1.99. The molecular weight excluding hydrogens is 303 g/mol. The number of carbonyl (C=O) groups is 1. The molecule has 0 bridgehead atoms. The molecule has 8 nitrogen and oxygen atoms in total. The van der Waals surface area contributed by atoms with E-state index in [9.17, 15) is 14.3 Å². The number of benzene rings is 1. The standard InChI is InChI=1S/C14H11FN6O2/c15-10-4-2-1-3-9(10)8-21-11(5-6-16-21)12(22)7-13(23)14-17-19-20-18-14/h1-7,23H,8H2,(H,17,18,19,20). The number of ketones is 1. The molecule has 3 rings (SSSR count). The number of hydrogen-bond acceptors (Lipinski definition) is 6. The summed E-state index contributed by atoms with van der Waals surface area (Å²) < 4.78 is 15.1. The molecule has 2 heterocycles. The van der Waals surface area contributed by atoms with Gasteiger partial charge in [-0.2, -0.15) is 10.3 Å². The summed E-state index contributed by atoms with van der Waals surface area (Å²) in [6, 6.07) is 7.70. The second-order valence-electron chi connectivity index (χ2n) is 4.59. The first-order valence-corrected chi connectivity index (χ1v) is 6.59. The number of H-pyrrole nitrogens is 1. The third-order valence-electron chi connectivity index (χ3n) is 3.09. The monoisotopic (exact) mass is 314 g/mol. The van der Waals surface area contributed by atoms with Crippen LogP contribution in [0.1, 0.15) is 21.9 Å². The Morgan fingerprint density at radius 3 is 2.91 bits per heavy atom. The molecule has 0 atom stereocenters. The third-order valence-corrected chi connectivity index (χ3v) is 3.09. The maximum Gasteiger partial charge on any atom is 0.239 e. The van der Waals surface area contributed by atoms with Crippen molar-refractivity contribution < 1.29 is 14.3 Å². The fraction of sp³-hybridized carbons (Fsp3) is 0.0714. The van der Waals surface area contributed by atoms with Crippen molar-refractivity contribution in [3.63, 3.8) is 0 Å². The average molecular weight is 314 g/mol. The molecule has 0 radical (unpaired) electrons. The van der Waals surface area contributed by atoms with Crippen LogP contribution in [0.25, 0.3) is 5.76 Å². The number of nitrogens with zero attached hydrogens (tertiary/aromatic N) is 5. The maximum absolute atomic E-state index is 13.7. The van der Waals surface area contributed by atoms with Gasteiger partial charge in [0.2, 0.25) is 11.6 Å². The minimum absolute atomic E-state index is 0.0948. The zero-order valence-electron chi connectivity index (χ0n) is 11.7. The number of nitrogens with one attached hydrogen (secondary N) is 1. The molecule has 9 heteroatoms. The molecule has 1 aromatic carbocycles. The van der Waals surface area contributed by atoms with E-state index in [1.54, 1.807) is 18.2 Å². The molecule has 0 saturated heterocycles. The number of aromatic nitrogens is 6. The van der Waals surface area contributed by atoms with Gasteiger partial charge in [0.05, 0.1) is 6.54 Å². The molecule has 0 aliphatic heterocycles. The van der Waals surface area contributed by atoms with Gasteiger partial charge in [-0.15, -0.1) is 10.2 Å². The van der Waals surface area contributed by atoms with Crippen molar-refractivity contribution >= 4 is 11.5 Å². The first-order chi connectivity index (χ1) is 11.1. The molecule has 2 N–H and O–H groups in total. The third kappa shape index (κ3) is 3.12. The van der Waals surface area contributed by atoms with Gasteiger partial charge < -0.3 is 5.11 Å². The van der Waals surface area contributed by atoms with E-state index in [-0.39, 0.29) is 23.9 Å². The van der Waals surface area contributed by atoms with Crippen LogP contribution in [-0.4, -0.2) is 41.3 Å². The predicted octanol–water partition coefficient (Wildman–Crippen LogP) is 1.37. The average Bonchev–Trinajstić information content (AvgIpc) is 3.20. The van der Waals surface area contributed by atoms with Crippen LogP contribution in [0.5, 0.6) is 0 Å². The summed E-state index contributed by atoms with van der Waals surface area (Å²) >= 11 is 0. The molecule has 0 amide bonds. The number of aromatic amines is 1. The Kier molecular flexibility index (Phi) is 3.91. The number of allylic oxidation sites excluding steroid dienone is 1. The molecule has 0 saturated carbocycles. The zero-order valence-corrected chi connectivity index (χ0v) is 11.7. The molecule has 0 spiro atoms. The lowest BCUT2D eigenvalue weighted by atomic mass is 10.2. The van der Waals surface area contributed by atoms with Crippen LogP contribution in [-0.2, 0) is 6.54 Å². The summed E-state index contributed by atoms with van der Waals surface area (Å²) in [5, 5.41) is 26.4. The molecule has 2 aromatic heterocycles. The van der Waals surface area contributed by atoms with E-state index >= 15 is 0 Å². The molecule has 3 aromatic rings. The number of carbonyl (C=O) groups excluding carboxylic acids is 1. The van der Waals surface area contributed by atoms with Crippen molar-refractivity contribution in [2.24, 2.45) is 0 Å². The van der Waals surface area contributed by atoms with Crippen LogP contribution in [0.4, 0.5) is 4.39 Å². The highest BCUT2D eigenvalue weighted by Gasteiger charge is 2.14. The van der Waals surface area contributed by atoms with Gasteiger partial charge in [0.15, 0.2) is 5.76 Å². The van der Waals surface area contributed by atoms with Crippen LogP contribution >= 0.6 is 0 Å². The molecule has 0 fully saturated rings. The quantitative estimate of drug-likeness (QED) is 0.418. The van der Waals surface area contributed by atoms with E-state index in [1.807, 2.05) is 0 Å². The Labute approximate surface area is 129 Å². The van der Waals surface area contributed by atoms with Crippen LogP contribution in [0.2, 0.25) is 0 Å². The van der Waals surface area contributed by atoms with E-state index in [0.29, 0.717) is 5.56 Å². The molecule has 23 heavy (non-hydrogen) atoms. The minimum atomic E-state index is -0.513. The van der Waals surface area contributed by atoms with E-state index in [1.165, 1.54) is 23.0 Å². The Balaban J connectivity index is 1.85. The maximum atomic E-state index is 13.7. The minimum Gasteiger partial charge on any atom is -0.504 e. The molecule has 0 aliphatic carbocycles. The van der Waals surface area contributed by atoms with E-state index < -0.39 is 11.5 Å². The lowest BCUT2D eigenvalue weighted by Crippen LogP contribution is -2.11. The van der Waals surface area contributed by atoms with Crippen molar-refractivity contribution in [3.8, 4) is 0 Å². The van der Waals surface area contributed by atoms with Gasteiger partial charge in [-0.05, 0) is 17.3 Å². The normalized spacial score (nSPS) is 11.6. The van der Waals surface area contributed by atoms with E-state index in [4.69, 9.17) is 0 Å². The highest BCUT2D eigenvalue weighted by molar-refractivity contribution is 6.06. The summed E-state index contributed by atoms with van der Waals surface area (Å²) in [4.78, 5) is 12.2. The smallest absolute Gasteiger partial charge is 0.239 e. The first kappa shape index (κ1) is 14.6. The van der Waals surface area contributed by atoms with Crippen molar-refractivity contribution in [1.82, 2.24) is 30.4 Å². The number of rotatable bonds is 5. The predicted molar refractivity (Wildman–Crippen MR) is 76.8 cm³/mol. The van der Waals surface area contributed by atoms with Crippen molar-refractivity contribution in [1.29, 1.82) is 0 Å². The van der Waals surface area contributed by atoms with Gasteiger partial charge in [0, 0.05) is 17.8 Å². The summed E-state index contributed by atoms with van der Waals surface area (Å²) in [6.45, 7) is 0.0948. The summed E-state index contributed by atoms with van der Waals surface area (Å²) in [5.41, 5.74) is 0.597. The first-order valence-electron chi connectivity index (χ1n) is 6.59. The molecule has 0 aliphatic rings. The fourth-order valence-electron chi connectivity index (χ4n) is 1.99. The van der Waals surface area contributed by atoms with Gasteiger partial charge in [-0.3, -0.25) is 9.48 Å². The zero-order chi connectivity index (χ0) is 16.2. The Bertz CT molecular complexity index is 856. The van der Waals surface area contributed by atoms with Crippen LogP contribution < -0.4 is 0 Å². The number of aliphatic hydroxyl groups excluding tert-OH is 1. The summed E-state index contributed by atoms with van der Waals surface area (Å²) in [5.74, 6) is -1.42. The van der Waals surface area contributed by atoms with Crippen molar-refractivity contribution in [3.05, 3.63) is 65.5 Å². The summed E-state index contributed by atoms with van der Waals surface area (Å²) in [7, 11) is 0. The number of halogens is 1. The highest BCUT2D eigenvalue weighted by atomic mass is 19.1.